The standard InChI is InChI=1S/C16H14O6.C2H6/c1-21-9-5-12(19)16-13(20)7-14(22-15(16)6-9)8-2-3-10(17)11(18)4-8;1-2/h2-6,14,17-19H,7H2,1H3;1-2H3. The lowest BCUT2D eigenvalue weighted by atomic mass is 9.95. The third kappa shape index (κ3) is 3.22. The van der Waals surface area contributed by atoms with Crippen molar-refractivity contribution >= 4 is 5.78 Å². The van der Waals surface area contributed by atoms with Gasteiger partial charge in [0.25, 0.3) is 0 Å². The van der Waals surface area contributed by atoms with Gasteiger partial charge in [-0.2, -0.15) is 0 Å². The molecule has 0 saturated carbocycles. The second-order valence-corrected chi connectivity index (χ2v) is 5.00. The molecule has 0 spiro atoms. The molecular weight excluding hydrogens is 312 g/mol. The Morgan fingerprint density at radius 2 is 1.75 bits per heavy atom. The monoisotopic (exact) mass is 332 g/mol. The van der Waals surface area contributed by atoms with Crippen molar-refractivity contribution in [2.45, 2.75) is 26.4 Å². The van der Waals surface area contributed by atoms with Crippen LogP contribution in [0.15, 0.2) is 30.3 Å². The number of ketones is 1. The third-order valence-electron chi connectivity index (χ3n) is 3.58. The van der Waals surface area contributed by atoms with Crippen molar-refractivity contribution in [1.82, 2.24) is 0 Å². The SMILES string of the molecule is CC.COc1cc(O)c2c(c1)OC(c1ccc(O)c(O)c1)CC2=O. The molecule has 6 nitrogen and oxygen atoms in total. The van der Waals surface area contributed by atoms with E-state index in [9.17, 15) is 20.1 Å². The molecule has 0 aliphatic carbocycles. The van der Waals surface area contributed by atoms with Crippen molar-refractivity contribution in [3.63, 3.8) is 0 Å². The summed E-state index contributed by atoms with van der Waals surface area (Å²) in [6.07, 6.45) is -0.588. The van der Waals surface area contributed by atoms with Gasteiger partial charge in [0.15, 0.2) is 17.3 Å². The van der Waals surface area contributed by atoms with Crippen molar-refractivity contribution in [2.75, 3.05) is 7.11 Å². The Morgan fingerprint density at radius 1 is 1.04 bits per heavy atom. The van der Waals surface area contributed by atoms with Crippen LogP contribution in [-0.2, 0) is 0 Å². The van der Waals surface area contributed by atoms with Gasteiger partial charge in [0.05, 0.1) is 13.5 Å². The Hall–Kier alpha value is -2.89. The zero-order valence-corrected chi connectivity index (χ0v) is 13.7. The Kier molecular flexibility index (Phi) is 5.18. The predicted octanol–water partition coefficient (Wildman–Crippen LogP) is 3.54. The smallest absolute Gasteiger partial charge is 0.174 e. The summed E-state index contributed by atoms with van der Waals surface area (Å²) in [4.78, 5) is 12.2. The molecule has 0 fully saturated rings. The fourth-order valence-corrected chi connectivity index (χ4v) is 2.46. The maximum Gasteiger partial charge on any atom is 0.174 e. The second kappa shape index (κ2) is 7.12. The molecule has 1 unspecified atom stereocenters. The summed E-state index contributed by atoms with van der Waals surface area (Å²) in [6, 6.07) is 7.12. The molecule has 2 aromatic carbocycles. The number of phenolic OH excluding ortho intramolecular Hbond substituents is 3. The molecule has 24 heavy (non-hydrogen) atoms. The largest absolute Gasteiger partial charge is 0.507 e. The van der Waals surface area contributed by atoms with E-state index in [2.05, 4.69) is 0 Å². The van der Waals surface area contributed by atoms with Crippen LogP contribution in [0.25, 0.3) is 0 Å². The van der Waals surface area contributed by atoms with E-state index < -0.39 is 6.10 Å². The van der Waals surface area contributed by atoms with Crippen molar-refractivity contribution in [1.29, 1.82) is 0 Å². The van der Waals surface area contributed by atoms with Crippen LogP contribution in [0.3, 0.4) is 0 Å². The molecule has 0 aromatic heterocycles. The lowest BCUT2D eigenvalue weighted by molar-refractivity contribution is 0.0844. The lowest BCUT2D eigenvalue weighted by Crippen LogP contribution is -2.20. The van der Waals surface area contributed by atoms with Gasteiger partial charge in [-0.1, -0.05) is 19.9 Å². The number of methoxy groups -OCH3 is 1. The summed E-state index contributed by atoms with van der Waals surface area (Å²) in [5.41, 5.74) is 0.677. The van der Waals surface area contributed by atoms with E-state index in [4.69, 9.17) is 9.47 Å². The van der Waals surface area contributed by atoms with Gasteiger partial charge < -0.3 is 24.8 Å². The van der Waals surface area contributed by atoms with Crippen molar-refractivity contribution < 1.29 is 29.6 Å². The number of carbonyl (C=O) groups is 1. The van der Waals surface area contributed by atoms with Gasteiger partial charge in [0, 0.05) is 12.1 Å². The van der Waals surface area contributed by atoms with E-state index >= 15 is 0 Å². The molecule has 1 aliphatic heterocycles. The van der Waals surface area contributed by atoms with Crippen LogP contribution in [0.1, 0.15) is 42.3 Å². The lowest BCUT2D eigenvalue weighted by Gasteiger charge is -2.26. The summed E-state index contributed by atoms with van der Waals surface area (Å²) in [7, 11) is 1.45. The number of phenols is 3. The average Bonchev–Trinajstić information content (AvgIpc) is 2.58. The van der Waals surface area contributed by atoms with Gasteiger partial charge in [-0.15, -0.1) is 0 Å². The van der Waals surface area contributed by atoms with E-state index in [1.807, 2.05) is 13.8 Å². The fourth-order valence-electron chi connectivity index (χ4n) is 2.46. The van der Waals surface area contributed by atoms with Gasteiger partial charge in [-0.3, -0.25) is 4.79 Å². The van der Waals surface area contributed by atoms with Gasteiger partial charge in [-0.25, -0.2) is 0 Å². The summed E-state index contributed by atoms with van der Waals surface area (Å²) < 4.78 is 10.8. The quantitative estimate of drug-likeness (QED) is 0.728. The van der Waals surface area contributed by atoms with Crippen LogP contribution in [-0.4, -0.2) is 28.2 Å². The zero-order chi connectivity index (χ0) is 17.9. The number of ether oxygens (including phenoxy) is 2. The molecule has 0 radical (unpaired) electrons. The van der Waals surface area contributed by atoms with Gasteiger partial charge >= 0.3 is 0 Å². The molecule has 1 atom stereocenters. The highest BCUT2D eigenvalue weighted by atomic mass is 16.5. The summed E-state index contributed by atoms with van der Waals surface area (Å²) >= 11 is 0. The second-order valence-electron chi connectivity index (χ2n) is 5.00. The highest BCUT2D eigenvalue weighted by molar-refractivity contribution is 6.02. The first-order valence-corrected chi connectivity index (χ1v) is 7.62. The first kappa shape index (κ1) is 17.5. The number of fused-ring (bicyclic) bond motifs is 1. The molecular formula is C18H20O6. The molecule has 3 N–H and O–H groups in total. The molecule has 0 bridgehead atoms. The van der Waals surface area contributed by atoms with E-state index in [0.717, 1.165) is 0 Å². The predicted molar refractivity (Wildman–Crippen MR) is 88.1 cm³/mol. The van der Waals surface area contributed by atoms with Crippen LogP contribution in [0, 0.1) is 0 Å². The van der Waals surface area contributed by atoms with Crippen LogP contribution >= 0.6 is 0 Å². The first-order valence-electron chi connectivity index (χ1n) is 7.62. The minimum Gasteiger partial charge on any atom is -0.507 e. The number of carbonyl (C=O) groups excluding carboxylic acids is 1. The maximum absolute atomic E-state index is 12.2. The van der Waals surface area contributed by atoms with Crippen molar-refractivity contribution in [3.05, 3.63) is 41.5 Å². The Balaban J connectivity index is 0.00000100. The zero-order valence-electron chi connectivity index (χ0n) is 13.7. The number of hydrogen-bond donors (Lipinski definition) is 3. The average molecular weight is 332 g/mol. The molecule has 1 aliphatic rings. The number of aromatic hydroxyl groups is 3. The first-order chi connectivity index (χ1) is 11.5. The number of benzene rings is 2. The van der Waals surface area contributed by atoms with Gasteiger partial charge in [-0.05, 0) is 17.7 Å². The number of rotatable bonds is 2. The summed E-state index contributed by atoms with van der Waals surface area (Å²) in [5, 5.41) is 28.8. The minimum absolute atomic E-state index is 0.0249. The molecule has 2 aromatic rings. The van der Waals surface area contributed by atoms with E-state index in [1.54, 1.807) is 6.07 Å². The molecule has 0 saturated heterocycles. The van der Waals surface area contributed by atoms with Gasteiger partial charge in [0.1, 0.15) is 28.9 Å². The Labute approximate surface area is 139 Å². The minimum atomic E-state index is -0.613. The Bertz CT molecular complexity index is 753. The fraction of sp³-hybridized carbons (Fsp3) is 0.278. The van der Waals surface area contributed by atoms with Crippen LogP contribution in [0.2, 0.25) is 0 Å². The van der Waals surface area contributed by atoms with Crippen molar-refractivity contribution in [2.24, 2.45) is 0 Å². The van der Waals surface area contributed by atoms with Crippen LogP contribution < -0.4 is 9.47 Å². The molecule has 3 rings (SSSR count). The molecule has 6 heteroatoms. The van der Waals surface area contributed by atoms with E-state index in [1.165, 1.54) is 31.4 Å². The maximum atomic E-state index is 12.2. The summed E-state index contributed by atoms with van der Waals surface area (Å²) in [5.74, 6) is -0.382. The number of Topliss-reactive ketones (excluding diaryl/α,β-unsaturated/α-hetero) is 1. The van der Waals surface area contributed by atoms with Crippen LogP contribution in [0.5, 0.6) is 28.7 Å². The van der Waals surface area contributed by atoms with Gasteiger partial charge in [0.2, 0.25) is 0 Å². The number of hydrogen-bond acceptors (Lipinski definition) is 6. The normalized spacial score (nSPS) is 15.6. The topological polar surface area (TPSA) is 96.2 Å². The van der Waals surface area contributed by atoms with E-state index in [0.29, 0.717) is 11.3 Å². The highest BCUT2D eigenvalue weighted by Crippen LogP contribution is 2.42. The summed E-state index contributed by atoms with van der Waals surface area (Å²) in [6.45, 7) is 4.00. The van der Waals surface area contributed by atoms with E-state index in [-0.39, 0.29) is 40.8 Å². The highest BCUT2D eigenvalue weighted by Gasteiger charge is 2.31. The molecule has 0 amide bonds. The molecule has 128 valence electrons. The third-order valence-corrected chi connectivity index (χ3v) is 3.58. The Morgan fingerprint density at radius 3 is 2.38 bits per heavy atom. The van der Waals surface area contributed by atoms with Crippen molar-refractivity contribution in [3.8, 4) is 28.7 Å². The molecule has 1 heterocycles. The van der Waals surface area contributed by atoms with Crippen LogP contribution in [0.4, 0.5) is 0 Å².